The van der Waals surface area contributed by atoms with Crippen molar-refractivity contribution in [2.75, 3.05) is 0 Å². The Bertz CT molecular complexity index is 681. The van der Waals surface area contributed by atoms with Crippen molar-refractivity contribution in [2.45, 2.75) is 6.61 Å². The van der Waals surface area contributed by atoms with Gasteiger partial charge in [0.1, 0.15) is 0 Å². The van der Waals surface area contributed by atoms with Crippen molar-refractivity contribution in [3.63, 3.8) is 0 Å². The third kappa shape index (κ3) is 2.36. The van der Waals surface area contributed by atoms with Crippen LogP contribution >= 0.6 is 0 Å². The lowest BCUT2D eigenvalue weighted by atomic mass is 9.96. The van der Waals surface area contributed by atoms with Gasteiger partial charge in [0, 0.05) is 17.3 Å². The van der Waals surface area contributed by atoms with Crippen LogP contribution in [0.4, 0.5) is 0 Å². The number of rotatable bonds is 4. The number of aromatic carboxylic acids is 2. The number of aliphatic hydroxyl groups is 1. The van der Waals surface area contributed by atoms with E-state index < -0.39 is 18.5 Å². The first-order valence-corrected chi connectivity index (χ1v) is 5.71. The summed E-state index contributed by atoms with van der Waals surface area (Å²) in [4.78, 5) is 26.3. The molecule has 2 rings (SSSR count). The maximum absolute atomic E-state index is 11.2. The van der Waals surface area contributed by atoms with Crippen molar-refractivity contribution < 1.29 is 24.9 Å². The molecule has 2 aromatic rings. The number of pyridine rings is 1. The highest BCUT2D eigenvalue weighted by molar-refractivity contribution is 5.97. The van der Waals surface area contributed by atoms with Gasteiger partial charge in [0.25, 0.3) is 0 Å². The molecule has 0 amide bonds. The van der Waals surface area contributed by atoms with Crippen molar-refractivity contribution in [3.05, 3.63) is 53.2 Å². The Hall–Kier alpha value is -2.73. The molecule has 0 atom stereocenters. The van der Waals surface area contributed by atoms with Crippen molar-refractivity contribution in [1.29, 1.82) is 0 Å². The molecule has 0 aliphatic rings. The van der Waals surface area contributed by atoms with Gasteiger partial charge in [-0.15, -0.1) is 0 Å². The molecule has 1 heterocycles. The van der Waals surface area contributed by atoms with Crippen LogP contribution in [0.1, 0.15) is 26.3 Å². The molecule has 0 aliphatic carbocycles. The topological polar surface area (TPSA) is 108 Å². The Kier molecular flexibility index (Phi) is 3.76. The van der Waals surface area contributed by atoms with E-state index in [9.17, 15) is 14.7 Å². The second-order valence-corrected chi connectivity index (χ2v) is 4.00. The maximum Gasteiger partial charge on any atom is 0.337 e. The predicted molar refractivity (Wildman–Crippen MR) is 69.5 cm³/mol. The first-order chi connectivity index (χ1) is 9.56. The van der Waals surface area contributed by atoms with Crippen LogP contribution in [0.2, 0.25) is 0 Å². The summed E-state index contributed by atoms with van der Waals surface area (Å²) in [6.45, 7) is -0.520. The Morgan fingerprint density at radius 2 is 1.65 bits per heavy atom. The molecule has 6 heteroatoms. The van der Waals surface area contributed by atoms with Gasteiger partial charge in [-0.25, -0.2) is 9.59 Å². The van der Waals surface area contributed by atoms with Crippen LogP contribution in [0.25, 0.3) is 11.3 Å². The van der Waals surface area contributed by atoms with E-state index in [0.29, 0.717) is 5.56 Å². The zero-order valence-corrected chi connectivity index (χ0v) is 10.3. The van der Waals surface area contributed by atoms with E-state index in [2.05, 4.69) is 4.98 Å². The summed E-state index contributed by atoms with van der Waals surface area (Å²) in [5.41, 5.74) is 0.440. The van der Waals surface area contributed by atoms with Crippen LogP contribution in [-0.4, -0.2) is 32.2 Å². The number of carboxylic acid groups (broad SMARTS) is 2. The first-order valence-electron chi connectivity index (χ1n) is 5.71. The van der Waals surface area contributed by atoms with E-state index in [4.69, 9.17) is 10.2 Å². The normalized spacial score (nSPS) is 10.2. The number of aliphatic hydroxyl groups excluding tert-OH is 1. The summed E-state index contributed by atoms with van der Waals surface area (Å²) in [7, 11) is 0. The summed E-state index contributed by atoms with van der Waals surface area (Å²) in [5, 5.41) is 27.6. The number of carbonyl (C=O) groups is 2. The van der Waals surface area contributed by atoms with Crippen LogP contribution in [0.15, 0.2) is 36.5 Å². The van der Waals surface area contributed by atoms with Gasteiger partial charge in [0.15, 0.2) is 0 Å². The Morgan fingerprint density at radius 3 is 2.25 bits per heavy atom. The van der Waals surface area contributed by atoms with Crippen molar-refractivity contribution in [3.8, 4) is 11.3 Å². The lowest BCUT2D eigenvalue weighted by molar-refractivity contribution is 0.0685. The van der Waals surface area contributed by atoms with Gasteiger partial charge in [0.2, 0.25) is 0 Å². The average Bonchev–Trinajstić information content (AvgIpc) is 2.46. The number of nitrogens with zero attached hydrogens (tertiary/aromatic N) is 1. The minimum absolute atomic E-state index is 0.0512. The van der Waals surface area contributed by atoms with Gasteiger partial charge < -0.3 is 15.3 Å². The quantitative estimate of drug-likeness (QED) is 0.781. The van der Waals surface area contributed by atoms with Crippen molar-refractivity contribution in [1.82, 2.24) is 4.98 Å². The third-order valence-electron chi connectivity index (χ3n) is 2.86. The number of hydrogen-bond acceptors (Lipinski definition) is 4. The van der Waals surface area contributed by atoms with Gasteiger partial charge in [-0.2, -0.15) is 0 Å². The Morgan fingerprint density at radius 1 is 1.00 bits per heavy atom. The van der Waals surface area contributed by atoms with Crippen LogP contribution in [0.5, 0.6) is 0 Å². The Labute approximate surface area is 114 Å². The largest absolute Gasteiger partial charge is 0.478 e. The van der Waals surface area contributed by atoms with E-state index in [1.54, 1.807) is 0 Å². The summed E-state index contributed by atoms with van der Waals surface area (Å²) < 4.78 is 0. The van der Waals surface area contributed by atoms with Crippen LogP contribution in [0.3, 0.4) is 0 Å². The van der Waals surface area contributed by atoms with E-state index >= 15 is 0 Å². The monoisotopic (exact) mass is 273 g/mol. The van der Waals surface area contributed by atoms with Gasteiger partial charge in [0.05, 0.1) is 23.4 Å². The van der Waals surface area contributed by atoms with Gasteiger partial charge in [-0.05, 0) is 18.2 Å². The average molecular weight is 273 g/mol. The van der Waals surface area contributed by atoms with E-state index in [0.717, 1.165) is 0 Å². The highest BCUT2D eigenvalue weighted by atomic mass is 16.4. The minimum atomic E-state index is -1.19. The molecule has 0 bridgehead atoms. The molecule has 0 fully saturated rings. The number of carboxylic acids is 2. The highest BCUT2D eigenvalue weighted by Gasteiger charge is 2.19. The van der Waals surface area contributed by atoms with Crippen molar-refractivity contribution in [2.24, 2.45) is 0 Å². The second kappa shape index (κ2) is 5.50. The third-order valence-corrected chi connectivity index (χ3v) is 2.86. The number of aromatic nitrogens is 1. The zero-order chi connectivity index (χ0) is 14.7. The maximum atomic E-state index is 11.2. The molecule has 1 aromatic carbocycles. The number of benzene rings is 1. The van der Waals surface area contributed by atoms with Gasteiger partial charge >= 0.3 is 11.9 Å². The van der Waals surface area contributed by atoms with Gasteiger partial charge in [-0.1, -0.05) is 12.1 Å². The summed E-state index contributed by atoms with van der Waals surface area (Å²) in [5.74, 6) is -2.36. The SMILES string of the molecule is O=C(O)c1cccnc1-c1cccc(C(=O)O)c1CO. The standard InChI is InChI=1S/C14H11NO5/c16-7-11-8(3-1-4-9(11)13(17)18)12-10(14(19)20)5-2-6-15-12/h1-6,16H,7H2,(H,17,18)(H,19,20). The minimum Gasteiger partial charge on any atom is -0.478 e. The molecule has 0 spiro atoms. The molecule has 6 nitrogen and oxygen atoms in total. The molecule has 0 unspecified atom stereocenters. The molecule has 102 valence electrons. The molecule has 0 radical (unpaired) electrons. The van der Waals surface area contributed by atoms with Crippen molar-refractivity contribution >= 4 is 11.9 Å². The fourth-order valence-corrected chi connectivity index (χ4v) is 1.97. The highest BCUT2D eigenvalue weighted by Crippen LogP contribution is 2.27. The molecule has 0 saturated carbocycles. The lowest BCUT2D eigenvalue weighted by Gasteiger charge is -2.11. The predicted octanol–water partition coefficient (Wildman–Crippen LogP) is 1.64. The van der Waals surface area contributed by atoms with E-state index in [-0.39, 0.29) is 22.4 Å². The fourth-order valence-electron chi connectivity index (χ4n) is 1.97. The smallest absolute Gasteiger partial charge is 0.337 e. The van der Waals surface area contributed by atoms with Crippen LogP contribution in [-0.2, 0) is 6.61 Å². The summed E-state index contributed by atoms with van der Waals surface area (Å²) in [6.07, 6.45) is 1.41. The van der Waals surface area contributed by atoms with E-state index in [1.165, 1.54) is 36.5 Å². The molecular formula is C14H11NO5. The number of hydrogen-bond donors (Lipinski definition) is 3. The van der Waals surface area contributed by atoms with E-state index in [1.807, 2.05) is 0 Å². The van der Waals surface area contributed by atoms with Crippen LogP contribution < -0.4 is 0 Å². The second-order valence-electron chi connectivity index (χ2n) is 4.00. The Balaban J connectivity index is 2.74. The fraction of sp³-hybridized carbons (Fsp3) is 0.0714. The molecule has 0 aliphatic heterocycles. The van der Waals surface area contributed by atoms with Crippen LogP contribution in [0, 0.1) is 0 Å². The van der Waals surface area contributed by atoms with Gasteiger partial charge in [-0.3, -0.25) is 4.98 Å². The molecule has 3 N–H and O–H groups in total. The first kappa shape index (κ1) is 13.7. The zero-order valence-electron chi connectivity index (χ0n) is 10.3. The molecule has 0 saturated heterocycles. The molecular weight excluding hydrogens is 262 g/mol. The summed E-state index contributed by atoms with van der Waals surface area (Å²) >= 11 is 0. The molecule has 1 aromatic heterocycles. The lowest BCUT2D eigenvalue weighted by Crippen LogP contribution is -2.07. The molecule has 20 heavy (non-hydrogen) atoms. The summed E-state index contributed by atoms with van der Waals surface area (Å²) in [6, 6.07) is 7.22.